The van der Waals surface area contributed by atoms with E-state index < -0.39 is 10.0 Å². The van der Waals surface area contributed by atoms with Crippen molar-refractivity contribution in [1.29, 1.82) is 0 Å². The zero-order valence-corrected chi connectivity index (χ0v) is 13.2. The van der Waals surface area contributed by atoms with Crippen molar-refractivity contribution in [3.63, 3.8) is 0 Å². The molecular weight excluding hydrogens is 286 g/mol. The summed E-state index contributed by atoms with van der Waals surface area (Å²) in [5.74, 6) is 2.07. The smallest absolute Gasteiger partial charge is 0.211 e. The molecule has 116 valence electrons. The summed E-state index contributed by atoms with van der Waals surface area (Å²) in [6.45, 7) is 2.24. The first-order valence-corrected chi connectivity index (χ1v) is 9.45. The third-order valence-electron chi connectivity index (χ3n) is 4.52. The third-order valence-corrected chi connectivity index (χ3v) is 5.94. The quantitative estimate of drug-likeness (QED) is 0.842. The second-order valence-corrected chi connectivity index (χ2v) is 8.16. The minimum atomic E-state index is -3.11. The Balaban J connectivity index is 1.48. The van der Waals surface area contributed by atoms with Crippen molar-refractivity contribution in [3.05, 3.63) is 29.8 Å². The zero-order chi connectivity index (χ0) is 14.9. The fraction of sp³-hybridized carbons (Fsp3) is 0.625. The molecular formula is C16H23NO3S. The molecule has 0 spiro atoms. The Kier molecular flexibility index (Phi) is 4.22. The Bertz CT molecular complexity index is 578. The normalized spacial score (nSPS) is 25.4. The lowest BCUT2D eigenvalue weighted by Crippen LogP contribution is -2.49. The number of rotatable bonds is 7. The van der Waals surface area contributed by atoms with Gasteiger partial charge in [0, 0.05) is 12.0 Å². The lowest BCUT2D eigenvalue weighted by molar-refractivity contribution is 0.144. The Morgan fingerprint density at radius 2 is 1.86 bits per heavy atom. The van der Waals surface area contributed by atoms with Crippen LogP contribution in [0.25, 0.3) is 0 Å². The van der Waals surface area contributed by atoms with E-state index in [1.165, 1.54) is 18.4 Å². The van der Waals surface area contributed by atoms with Crippen molar-refractivity contribution in [3.8, 4) is 5.75 Å². The molecule has 0 bridgehead atoms. The molecule has 1 N–H and O–H groups in total. The molecule has 21 heavy (non-hydrogen) atoms. The lowest BCUT2D eigenvalue weighted by atomic mass is 9.81. The van der Waals surface area contributed by atoms with E-state index >= 15 is 0 Å². The highest BCUT2D eigenvalue weighted by Crippen LogP contribution is 2.40. The van der Waals surface area contributed by atoms with E-state index in [4.69, 9.17) is 4.74 Å². The van der Waals surface area contributed by atoms with E-state index in [1.54, 1.807) is 6.92 Å². The van der Waals surface area contributed by atoms with E-state index in [9.17, 15) is 8.42 Å². The molecule has 5 heteroatoms. The second-order valence-electron chi connectivity index (χ2n) is 6.12. The fourth-order valence-corrected chi connectivity index (χ4v) is 3.63. The van der Waals surface area contributed by atoms with Gasteiger partial charge in [0.05, 0.1) is 12.4 Å². The summed E-state index contributed by atoms with van der Waals surface area (Å²) in [5, 5.41) is 0. The molecule has 4 nitrogen and oxygen atoms in total. The number of sulfonamides is 1. The minimum absolute atomic E-state index is 0.0423. The van der Waals surface area contributed by atoms with E-state index in [0.29, 0.717) is 6.61 Å². The summed E-state index contributed by atoms with van der Waals surface area (Å²) < 4.78 is 31.7. The molecule has 1 aromatic rings. The van der Waals surface area contributed by atoms with Crippen LogP contribution in [0.2, 0.25) is 0 Å². The van der Waals surface area contributed by atoms with Crippen LogP contribution in [-0.4, -0.2) is 26.8 Å². The Morgan fingerprint density at radius 1 is 1.14 bits per heavy atom. The van der Waals surface area contributed by atoms with Gasteiger partial charge in [0.1, 0.15) is 5.75 Å². The number of benzene rings is 1. The first kappa shape index (κ1) is 14.9. The summed E-state index contributed by atoms with van der Waals surface area (Å²) in [4.78, 5) is 0. The monoisotopic (exact) mass is 309 g/mol. The first-order chi connectivity index (χ1) is 10.1. The topological polar surface area (TPSA) is 55.4 Å². The van der Waals surface area contributed by atoms with Gasteiger partial charge in [-0.25, -0.2) is 13.1 Å². The average molecular weight is 309 g/mol. The molecule has 0 amide bonds. The maximum Gasteiger partial charge on any atom is 0.211 e. The van der Waals surface area contributed by atoms with Gasteiger partial charge in [-0.15, -0.1) is 0 Å². The van der Waals surface area contributed by atoms with E-state index in [1.807, 2.05) is 12.1 Å². The van der Waals surface area contributed by atoms with Crippen molar-refractivity contribution in [2.24, 2.45) is 5.92 Å². The summed E-state index contributed by atoms with van der Waals surface area (Å²) in [6, 6.07) is 8.38. The van der Waals surface area contributed by atoms with Crippen molar-refractivity contribution in [1.82, 2.24) is 4.72 Å². The molecule has 0 aromatic heterocycles. The van der Waals surface area contributed by atoms with E-state index in [-0.39, 0.29) is 17.7 Å². The fourth-order valence-electron chi connectivity index (χ4n) is 2.69. The molecule has 1 aromatic carbocycles. The highest BCUT2D eigenvalue weighted by molar-refractivity contribution is 7.89. The largest absolute Gasteiger partial charge is 0.493 e. The van der Waals surface area contributed by atoms with Gasteiger partial charge < -0.3 is 4.74 Å². The van der Waals surface area contributed by atoms with Crippen molar-refractivity contribution in [2.75, 3.05) is 12.4 Å². The molecule has 0 aliphatic heterocycles. The predicted octanol–water partition coefficient (Wildman–Crippen LogP) is 2.66. The minimum Gasteiger partial charge on any atom is -0.493 e. The van der Waals surface area contributed by atoms with E-state index in [2.05, 4.69) is 16.9 Å². The molecule has 0 radical (unpaired) electrons. The molecule has 3 rings (SSSR count). The molecule has 2 saturated carbocycles. The van der Waals surface area contributed by atoms with Crippen molar-refractivity contribution < 1.29 is 13.2 Å². The van der Waals surface area contributed by atoms with Gasteiger partial charge in [-0.2, -0.15) is 0 Å². The molecule has 0 saturated heterocycles. The molecule has 0 unspecified atom stereocenters. The lowest BCUT2D eigenvalue weighted by Gasteiger charge is -2.36. The Morgan fingerprint density at radius 3 is 2.38 bits per heavy atom. The Labute approximate surface area is 126 Å². The number of hydrogen-bond acceptors (Lipinski definition) is 3. The van der Waals surface area contributed by atoms with Gasteiger partial charge in [0.2, 0.25) is 10.0 Å². The van der Waals surface area contributed by atoms with Crippen LogP contribution in [0.1, 0.15) is 44.1 Å². The summed E-state index contributed by atoms with van der Waals surface area (Å²) in [7, 11) is -3.11. The van der Waals surface area contributed by atoms with Crippen LogP contribution in [0.4, 0.5) is 0 Å². The summed E-state index contributed by atoms with van der Waals surface area (Å²) in [6.07, 6.45) is 4.55. The highest BCUT2D eigenvalue weighted by Gasteiger charge is 2.34. The summed E-state index contributed by atoms with van der Waals surface area (Å²) in [5.41, 5.74) is 1.40. The van der Waals surface area contributed by atoms with Crippen LogP contribution in [0.15, 0.2) is 24.3 Å². The molecule has 2 aliphatic carbocycles. The van der Waals surface area contributed by atoms with Gasteiger partial charge in [0.25, 0.3) is 0 Å². The van der Waals surface area contributed by atoms with Crippen LogP contribution < -0.4 is 9.46 Å². The van der Waals surface area contributed by atoms with Crippen molar-refractivity contribution in [2.45, 2.75) is 44.6 Å². The number of ether oxygens (including phenoxy) is 1. The van der Waals surface area contributed by atoms with Gasteiger partial charge in [0.15, 0.2) is 0 Å². The second kappa shape index (κ2) is 5.97. The SMILES string of the molecule is CCS(=O)(=O)N[C@H]1CC[C@H]1COc1ccc(C2CC2)cc1. The highest BCUT2D eigenvalue weighted by atomic mass is 32.2. The summed E-state index contributed by atoms with van der Waals surface area (Å²) >= 11 is 0. The van der Waals surface area contributed by atoms with Gasteiger partial charge in [-0.05, 0) is 56.2 Å². The van der Waals surface area contributed by atoms with Crippen LogP contribution in [0.3, 0.4) is 0 Å². The molecule has 2 aliphatic rings. The van der Waals surface area contributed by atoms with Crippen LogP contribution >= 0.6 is 0 Å². The van der Waals surface area contributed by atoms with Gasteiger partial charge in [-0.3, -0.25) is 0 Å². The van der Waals surface area contributed by atoms with Gasteiger partial charge >= 0.3 is 0 Å². The zero-order valence-electron chi connectivity index (χ0n) is 12.4. The van der Waals surface area contributed by atoms with Crippen LogP contribution in [-0.2, 0) is 10.0 Å². The molecule has 2 fully saturated rings. The number of nitrogens with one attached hydrogen (secondary N) is 1. The standard InChI is InChI=1S/C16H23NO3S/c1-2-21(18,19)17-16-10-7-14(16)11-20-15-8-5-13(6-9-15)12-3-4-12/h5-6,8-9,12,14,16-17H,2-4,7,10-11H2,1H3/t14-,16-/m0/s1. The Hall–Kier alpha value is -1.07. The maximum atomic E-state index is 11.6. The predicted molar refractivity (Wildman–Crippen MR) is 83.0 cm³/mol. The van der Waals surface area contributed by atoms with Crippen LogP contribution in [0.5, 0.6) is 5.75 Å². The van der Waals surface area contributed by atoms with E-state index in [0.717, 1.165) is 24.5 Å². The maximum absolute atomic E-state index is 11.6. The first-order valence-electron chi connectivity index (χ1n) is 7.80. The average Bonchev–Trinajstić information content (AvgIpc) is 3.29. The van der Waals surface area contributed by atoms with Crippen LogP contribution in [0, 0.1) is 5.92 Å². The van der Waals surface area contributed by atoms with Gasteiger partial charge in [-0.1, -0.05) is 12.1 Å². The molecule has 0 heterocycles. The van der Waals surface area contributed by atoms with Crippen molar-refractivity contribution >= 4 is 10.0 Å². The molecule has 2 atom stereocenters. The number of hydrogen-bond donors (Lipinski definition) is 1. The third kappa shape index (κ3) is 3.77.